The highest BCUT2D eigenvalue weighted by molar-refractivity contribution is 6.31. The highest BCUT2D eigenvalue weighted by Crippen LogP contribution is 2.47. The van der Waals surface area contributed by atoms with E-state index in [9.17, 15) is 14.0 Å². The Hall–Kier alpha value is -2.92. The Labute approximate surface area is 179 Å². The molecule has 0 fully saturated rings. The van der Waals surface area contributed by atoms with Crippen LogP contribution in [0, 0.1) is 5.82 Å². The molecule has 0 aromatic heterocycles. The summed E-state index contributed by atoms with van der Waals surface area (Å²) in [5.74, 6) is -1.52. The highest BCUT2D eigenvalue weighted by atomic mass is 35.5. The van der Waals surface area contributed by atoms with Crippen LogP contribution in [0.3, 0.4) is 0 Å². The lowest BCUT2D eigenvalue weighted by atomic mass is 9.71. The number of hydrogen-bond donors (Lipinski definition) is 1. The molecule has 6 heteroatoms. The zero-order valence-corrected chi connectivity index (χ0v) is 17.4. The number of carbonyl (C=O) groups excluding carboxylic acids is 2. The van der Waals surface area contributed by atoms with Crippen molar-refractivity contribution in [2.75, 3.05) is 7.11 Å². The van der Waals surface area contributed by atoms with Crippen molar-refractivity contribution in [1.82, 2.24) is 5.32 Å². The predicted octanol–water partition coefficient (Wildman–Crippen LogP) is 5.01. The van der Waals surface area contributed by atoms with Crippen LogP contribution in [0.15, 0.2) is 71.1 Å². The molecular weight excluding hydrogens is 405 g/mol. The number of nitrogens with one attached hydrogen (secondary N) is 1. The molecule has 1 aliphatic carbocycles. The summed E-state index contributed by atoms with van der Waals surface area (Å²) in [6, 6.07) is 13.5. The molecule has 4 rings (SSSR count). The smallest absolute Gasteiger partial charge is 0.336 e. The van der Waals surface area contributed by atoms with E-state index in [2.05, 4.69) is 5.32 Å². The van der Waals surface area contributed by atoms with Crippen molar-refractivity contribution >= 4 is 23.4 Å². The highest BCUT2D eigenvalue weighted by Gasteiger charge is 2.41. The summed E-state index contributed by atoms with van der Waals surface area (Å²) in [6.45, 7) is 1.80. The summed E-state index contributed by atoms with van der Waals surface area (Å²) in [7, 11) is 1.32. The third-order valence-corrected chi connectivity index (χ3v) is 6.13. The normalized spacial score (nSPS) is 21.3. The number of esters is 1. The van der Waals surface area contributed by atoms with Gasteiger partial charge in [0.15, 0.2) is 5.78 Å². The molecule has 1 heterocycles. The number of rotatable bonds is 3. The molecule has 1 aliphatic heterocycles. The van der Waals surface area contributed by atoms with Gasteiger partial charge in [0.05, 0.1) is 12.7 Å². The fourth-order valence-corrected chi connectivity index (χ4v) is 4.66. The second-order valence-electron chi connectivity index (χ2n) is 7.58. The van der Waals surface area contributed by atoms with Gasteiger partial charge in [-0.3, -0.25) is 4.79 Å². The van der Waals surface area contributed by atoms with Gasteiger partial charge in [-0.2, -0.15) is 0 Å². The zero-order chi connectivity index (χ0) is 21.4. The van der Waals surface area contributed by atoms with Crippen LogP contribution in [0.2, 0.25) is 5.02 Å². The molecule has 0 saturated heterocycles. The van der Waals surface area contributed by atoms with Crippen LogP contribution in [0.5, 0.6) is 0 Å². The minimum Gasteiger partial charge on any atom is -0.466 e. The lowest BCUT2D eigenvalue weighted by Gasteiger charge is -2.36. The van der Waals surface area contributed by atoms with E-state index in [1.807, 2.05) is 18.2 Å². The maximum absolute atomic E-state index is 13.3. The standard InChI is InChI=1S/C24H21ClFNO3/c1-13-21(24(29)30-2)22(17-5-3-4-6-18(17)25)23-19(27-13)11-15(12-20(23)28)14-7-9-16(26)10-8-14/h3-10,15,22,27H,11-12H2,1-2H3/t15-,22+/m0/s1. The lowest BCUT2D eigenvalue weighted by molar-refractivity contribution is -0.136. The minimum absolute atomic E-state index is 0.0584. The molecular formula is C24H21ClFNO3. The van der Waals surface area contributed by atoms with E-state index in [1.54, 1.807) is 25.1 Å². The molecule has 154 valence electrons. The Kier molecular flexibility index (Phi) is 5.48. The predicted molar refractivity (Wildman–Crippen MR) is 112 cm³/mol. The van der Waals surface area contributed by atoms with Gasteiger partial charge >= 0.3 is 5.97 Å². The Morgan fingerprint density at radius 1 is 1.13 bits per heavy atom. The fraction of sp³-hybridized carbons (Fsp3) is 0.250. The number of Topliss-reactive ketones (excluding diaryl/α,β-unsaturated/α-hetero) is 1. The van der Waals surface area contributed by atoms with Crippen LogP contribution in [0.1, 0.15) is 42.7 Å². The first-order valence-electron chi connectivity index (χ1n) is 9.73. The molecule has 0 amide bonds. The molecule has 0 saturated carbocycles. The maximum atomic E-state index is 13.3. The van der Waals surface area contributed by atoms with Gasteiger partial charge in [0, 0.05) is 34.3 Å². The number of halogens is 2. The maximum Gasteiger partial charge on any atom is 0.336 e. The average Bonchev–Trinajstić information content (AvgIpc) is 2.73. The second kappa shape index (κ2) is 8.07. The van der Waals surface area contributed by atoms with Crippen molar-refractivity contribution in [1.29, 1.82) is 0 Å². The number of dihydropyridines is 1. The Morgan fingerprint density at radius 3 is 2.50 bits per heavy atom. The molecule has 0 bridgehead atoms. The summed E-state index contributed by atoms with van der Waals surface area (Å²) >= 11 is 6.47. The number of carbonyl (C=O) groups is 2. The van der Waals surface area contributed by atoms with Crippen molar-refractivity contribution in [2.45, 2.75) is 31.6 Å². The van der Waals surface area contributed by atoms with Gasteiger partial charge in [0.1, 0.15) is 5.82 Å². The number of hydrogen-bond acceptors (Lipinski definition) is 4. The second-order valence-corrected chi connectivity index (χ2v) is 7.99. The van der Waals surface area contributed by atoms with Crippen LogP contribution in [-0.2, 0) is 14.3 Å². The van der Waals surface area contributed by atoms with E-state index in [0.717, 1.165) is 11.3 Å². The number of allylic oxidation sites excluding steroid dienone is 3. The van der Waals surface area contributed by atoms with Crippen molar-refractivity contribution in [2.24, 2.45) is 0 Å². The van der Waals surface area contributed by atoms with Gasteiger partial charge in [-0.05, 0) is 48.6 Å². The van der Waals surface area contributed by atoms with Gasteiger partial charge in [0.2, 0.25) is 0 Å². The summed E-state index contributed by atoms with van der Waals surface area (Å²) < 4.78 is 18.3. The van der Waals surface area contributed by atoms with E-state index in [-0.39, 0.29) is 23.9 Å². The summed E-state index contributed by atoms with van der Waals surface area (Å²) in [5, 5.41) is 3.75. The van der Waals surface area contributed by atoms with Crippen LogP contribution in [-0.4, -0.2) is 18.9 Å². The molecule has 1 N–H and O–H groups in total. The topological polar surface area (TPSA) is 55.4 Å². The quantitative estimate of drug-likeness (QED) is 0.702. The van der Waals surface area contributed by atoms with E-state index >= 15 is 0 Å². The van der Waals surface area contributed by atoms with E-state index < -0.39 is 11.9 Å². The van der Waals surface area contributed by atoms with Gasteiger partial charge in [-0.1, -0.05) is 41.9 Å². The molecule has 2 aliphatic rings. The number of methoxy groups -OCH3 is 1. The van der Waals surface area contributed by atoms with Gasteiger partial charge < -0.3 is 10.1 Å². The number of ether oxygens (including phenoxy) is 1. The molecule has 4 nitrogen and oxygen atoms in total. The summed E-state index contributed by atoms with van der Waals surface area (Å²) in [4.78, 5) is 26.0. The van der Waals surface area contributed by atoms with Crippen molar-refractivity contribution in [3.8, 4) is 0 Å². The van der Waals surface area contributed by atoms with Crippen molar-refractivity contribution in [3.05, 3.63) is 93.0 Å². The first-order chi connectivity index (χ1) is 14.4. The van der Waals surface area contributed by atoms with E-state index in [1.165, 1.54) is 19.2 Å². The van der Waals surface area contributed by atoms with Crippen LogP contribution < -0.4 is 5.32 Å². The number of benzene rings is 2. The van der Waals surface area contributed by atoms with E-state index in [0.29, 0.717) is 33.9 Å². The zero-order valence-electron chi connectivity index (χ0n) is 16.7. The molecule has 30 heavy (non-hydrogen) atoms. The molecule has 0 unspecified atom stereocenters. The average molecular weight is 426 g/mol. The number of ketones is 1. The largest absolute Gasteiger partial charge is 0.466 e. The Bertz CT molecular complexity index is 1090. The van der Waals surface area contributed by atoms with Crippen LogP contribution >= 0.6 is 11.6 Å². The third kappa shape index (κ3) is 3.54. The van der Waals surface area contributed by atoms with Gasteiger partial charge in [-0.25, -0.2) is 9.18 Å². The molecule has 0 spiro atoms. The van der Waals surface area contributed by atoms with Gasteiger partial charge in [-0.15, -0.1) is 0 Å². The minimum atomic E-state index is -0.593. The van der Waals surface area contributed by atoms with Gasteiger partial charge in [0.25, 0.3) is 0 Å². The molecule has 2 aromatic carbocycles. The first kappa shape index (κ1) is 20.4. The first-order valence-corrected chi connectivity index (χ1v) is 10.1. The van der Waals surface area contributed by atoms with E-state index in [4.69, 9.17) is 16.3 Å². The Morgan fingerprint density at radius 2 is 1.83 bits per heavy atom. The molecule has 2 aromatic rings. The summed E-state index contributed by atoms with van der Waals surface area (Å²) in [5.41, 5.74) is 3.95. The fourth-order valence-electron chi connectivity index (χ4n) is 4.41. The van der Waals surface area contributed by atoms with Crippen molar-refractivity contribution in [3.63, 3.8) is 0 Å². The van der Waals surface area contributed by atoms with Crippen LogP contribution in [0.25, 0.3) is 0 Å². The summed E-state index contributed by atoms with van der Waals surface area (Å²) in [6.07, 6.45) is 0.861. The lowest BCUT2D eigenvalue weighted by Crippen LogP contribution is -2.36. The van der Waals surface area contributed by atoms with Crippen LogP contribution in [0.4, 0.5) is 4.39 Å². The molecule has 2 atom stereocenters. The Balaban J connectivity index is 1.82. The molecule has 0 radical (unpaired) electrons. The monoisotopic (exact) mass is 425 g/mol. The van der Waals surface area contributed by atoms with Crippen molar-refractivity contribution < 1.29 is 18.7 Å². The SMILES string of the molecule is COC(=O)C1=C(C)NC2=C(C(=O)C[C@@H](c3ccc(F)cc3)C2)[C@@H]1c1ccccc1Cl. The third-order valence-electron chi connectivity index (χ3n) is 5.79.